The van der Waals surface area contributed by atoms with Crippen LogP contribution in [0.5, 0.6) is 0 Å². The minimum absolute atomic E-state index is 0.0639. The van der Waals surface area contributed by atoms with E-state index >= 15 is 0 Å². The summed E-state index contributed by atoms with van der Waals surface area (Å²) in [5.74, 6) is 0. The van der Waals surface area contributed by atoms with Gasteiger partial charge in [-0.2, -0.15) is 0 Å². The average molecular weight is 321 g/mol. The van der Waals surface area contributed by atoms with Crippen molar-refractivity contribution < 1.29 is 4.79 Å². The van der Waals surface area contributed by atoms with Gasteiger partial charge in [0.15, 0.2) is 0 Å². The van der Waals surface area contributed by atoms with Crippen molar-refractivity contribution in [3.63, 3.8) is 0 Å². The van der Waals surface area contributed by atoms with E-state index in [1.54, 1.807) is 0 Å². The van der Waals surface area contributed by atoms with Crippen LogP contribution in [0.4, 0.5) is 4.79 Å². The van der Waals surface area contributed by atoms with Crippen LogP contribution in [0.2, 0.25) is 0 Å². The molecule has 1 aromatic heterocycles. The molecule has 0 radical (unpaired) electrons. The third kappa shape index (κ3) is 5.55. The summed E-state index contributed by atoms with van der Waals surface area (Å²) in [4.78, 5) is 16.7. The van der Waals surface area contributed by atoms with Gasteiger partial charge in [0.2, 0.25) is 0 Å². The molecule has 6 nitrogen and oxygen atoms in total. The number of hydrogen-bond acceptors (Lipinski definition) is 3. The van der Waals surface area contributed by atoms with E-state index in [9.17, 15) is 4.79 Å². The maximum absolute atomic E-state index is 12.1. The van der Waals surface area contributed by atoms with Crippen LogP contribution in [0, 0.1) is 0 Å². The fourth-order valence-electron chi connectivity index (χ4n) is 3.00. The molecule has 0 aliphatic carbocycles. The van der Waals surface area contributed by atoms with Crippen molar-refractivity contribution in [2.45, 2.75) is 31.8 Å². The molecule has 6 heteroatoms. The Morgan fingerprint density at radius 1 is 1.35 bits per heavy atom. The van der Waals surface area contributed by atoms with Crippen LogP contribution in [0.1, 0.15) is 19.0 Å². The molecule has 23 heavy (non-hydrogen) atoms. The molecule has 0 aromatic carbocycles. The first-order chi connectivity index (χ1) is 11.0. The highest BCUT2D eigenvalue weighted by atomic mass is 16.2. The topological polar surface area (TPSA) is 52.5 Å². The van der Waals surface area contributed by atoms with Gasteiger partial charge in [-0.15, -0.1) is 0 Å². The van der Waals surface area contributed by atoms with Crippen LogP contribution in [0.25, 0.3) is 0 Å². The van der Waals surface area contributed by atoms with Crippen molar-refractivity contribution in [3.8, 4) is 0 Å². The Morgan fingerprint density at radius 2 is 2.13 bits per heavy atom. The van der Waals surface area contributed by atoms with E-state index < -0.39 is 0 Å². The summed E-state index contributed by atoms with van der Waals surface area (Å²) in [6.07, 6.45) is 3.97. The molecule has 1 aliphatic rings. The summed E-state index contributed by atoms with van der Waals surface area (Å²) in [5.41, 5.74) is 1.30. The third-order valence-corrected chi connectivity index (χ3v) is 4.74. The van der Waals surface area contributed by atoms with E-state index in [1.165, 1.54) is 5.69 Å². The Balaban J connectivity index is 1.66. The maximum atomic E-state index is 12.1. The van der Waals surface area contributed by atoms with E-state index in [-0.39, 0.29) is 12.1 Å². The minimum atomic E-state index is -0.0639. The molecule has 130 valence electrons. The highest BCUT2D eigenvalue weighted by Gasteiger charge is 2.22. The molecule has 1 fully saturated rings. The Labute approximate surface area is 139 Å². The lowest BCUT2D eigenvalue weighted by Gasteiger charge is -2.37. The molecule has 0 spiro atoms. The van der Waals surface area contributed by atoms with Crippen LogP contribution in [0.3, 0.4) is 0 Å². The zero-order valence-corrected chi connectivity index (χ0v) is 14.9. The van der Waals surface area contributed by atoms with Gasteiger partial charge in [0, 0.05) is 57.2 Å². The smallest absolute Gasteiger partial charge is 0.315 e. The van der Waals surface area contributed by atoms with Gasteiger partial charge in [0.25, 0.3) is 0 Å². The van der Waals surface area contributed by atoms with E-state index in [2.05, 4.69) is 71.4 Å². The molecule has 2 atom stereocenters. The highest BCUT2D eigenvalue weighted by molar-refractivity contribution is 5.74. The van der Waals surface area contributed by atoms with Gasteiger partial charge in [-0.1, -0.05) is 0 Å². The van der Waals surface area contributed by atoms with Crippen LogP contribution in [-0.2, 0) is 13.5 Å². The van der Waals surface area contributed by atoms with Crippen LogP contribution in [0.15, 0.2) is 18.3 Å². The third-order valence-electron chi connectivity index (χ3n) is 4.74. The number of piperazine rings is 1. The summed E-state index contributed by atoms with van der Waals surface area (Å²) in [6.45, 7) is 5.90. The normalized spacial score (nSPS) is 21.1. The summed E-state index contributed by atoms with van der Waals surface area (Å²) < 4.78 is 2.13. The second kappa shape index (κ2) is 8.36. The molecule has 2 rings (SSSR count). The number of nitrogens with zero attached hydrogens (tertiary/aromatic N) is 3. The number of rotatable bonds is 6. The second-order valence-corrected chi connectivity index (χ2v) is 6.80. The molecule has 0 bridgehead atoms. The summed E-state index contributed by atoms with van der Waals surface area (Å²) in [7, 11) is 6.31. The molecule has 2 heterocycles. The summed E-state index contributed by atoms with van der Waals surface area (Å²) in [6, 6.07) is 4.67. The molecule has 2 N–H and O–H groups in total. The van der Waals surface area contributed by atoms with Gasteiger partial charge in [-0.3, -0.25) is 4.90 Å². The SMILES string of the molecule is C[C@@H](CCc1cccn1C)NC(=O)NC[C@@H]1CN(C)CCN1C. The average Bonchev–Trinajstić information content (AvgIpc) is 2.91. The van der Waals surface area contributed by atoms with Crippen LogP contribution in [-0.4, -0.2) is 72.8 Å². The predicted molar refractivity (Wildman–Crippen MR) is 93.6 cm³/mol. The molecule has 1 aromatic rings. The molecule has 1 aliphatic heterocycles. The fraction of sp³-hybridized carbons (Fsp3) is 0.706. The molecule has 1 saturated heterocycles. The lowest BCUT2D eigenvalue weighted by molar-refractivity contribution is 0.114. The molecule has 0 unspecified atom stereocenters. The molecule has 2 amide bonds. The van der Waals surface area contributed by atoms with Gasteiger partial charge in [0.1, 0.15) is 0 Å². The first-order valence-electron chi connectivity index (χ1n) is 8.49. The number of aryl methyl sites for hydroxylation is 2. The number of hydrogen-bond donors (Lipinski definition) is 2. The van der Waals surface area contributed by atoms with E-state index in [0.717, 1.165) is 32.5 Å². The monoisotopic (exact) mass is 321 g/mol. The fourth-order valence-corrected chi connectivity index (χ4v) is 3.00. The largest absolute Gasteiger partial charge is 0.354 e. The Morgan fingerprint density at radius 3 is 2.83 bits per heavy atom. The van der Waals surface area contributed by atoms with Crippen molar-refractivity contribution in [3.05, 3.63) is 24.0 Å². The lowest BCUT2D eigenvalue weighted by Crippen LogP contribution is -2.55. The number of nitrogens with one attached hydrogen (secondary N) is 2. The summed E-state index contributed by atoms with van der Waals surface area (Å²) >= 11 is 0. The quantitative estimate of drug-likeness (QED) is 0.818. The maximum Gasteiger partial charge on any atom is 0.315 e. The van der Waals surface area contributed by atoms with Crippen LogP contribution >= 0.6 is 0 Å². The number of amides is 2. The van der Waals surface area contributed by atoms with Gasteiger partial charge >= 0.3 is 6.03 Å². The van der Waals surface area contributed by atoms with Gasteiger partial charge in [-0.05, 0) is 46.0 Å². The van der Waals surface area contributed by atoms with Gasteiger partial charge in [0.05, 0.1) is 0 Å². The lowest BCUT2D eigenvalue weighted by atomic mass is 10.1. The number of carbonyl (C=O) groups excluding carboxylic acids is 1. The minimum Gasteiger partial charge on any atom is -0.354 e. The number of aromatic nitrogens is 1. The van der Waals surface area contributed by atoms with Crippen molar-refractivity contribution in [1.82, 2.24) is 25.0 Å². The highest BCUT2D eigenvalue weighted by Crippen LogP contribution is 2.06. The molecule has 0 saturated carbocycles. The van der Waals surface area contributed by atoms with E-state index in [4.69, 9.17) is 0 Å². The standard InChI is InChI=1S/C17H31N5O/c1-14(7-8-15-6-5-9-21(15)3)19-17(23)18-12-16-13-20(2)10-11-22(16)4/h5-6,9,14,16H,7-8,10-13H2,1-4H3,(H2,18,19,23)/t14-,16+/m0/s1. The Bertz CT molecular complexity index is 501. The number of carbonyl (C=O) groups is 1. The second-order valence-electron chi connectivity index (χ2n) is 6.80. The predicted octanol–water partition coefficient (Wildman–Crippen LogP) is 0.891. The van der Waals surface area contributed by atoms with Gasteiger partial charge in [-0.25, -0.2) is 4.79 Å². The summed E-state index contributed by atoms with van der Waals surface area (Å²) in [5, 5.41) is 6.05. The number of likely N-dealkylation sites (N-methyl/N-ethyl adjacent to an activating group) is 2. The van der Waals surface area contributed by atoms with E-state index in [0.29, 0.717) is 12.6 Å². The van der Waals surface area contributed by atoms with Crippen molar-refractivity contribution in [1.29, 1.82) is 0 Å². The molecular weight excluding hydrogens is 290 g/mol. The first-order valence-corrected chi connectivity index (χ1v) is 8.49. The Hall–Kier alpha value is -1.53. The molecular formula is C17H31N5O. The van der Waals surface area contributed by atoms with Gasteiger partial charge < -0.3 is 20.1 Å². The zero-order valence-electron chi connectivity index (χ0n) is 14.9. The van der Waals surface area contributed by atoms with Crippen molar-refractivity contribution in [2.75, 3.05) is 40.3 Å². The Kier molecular flexibility index (Phi) is 6.47. The van der Waals surface area contributed by atoms with E-state index in [1.807, 2.05) is 0 Å². The van der Waals surface area contributed by atoms with Crippen molar-refractivity contribution in [2.24, 2.45) is 7.05 Å². The zero-order chi connectivity index (χ0) is 16.8. The van der Waals surface area contributed by atoms with Crippen LogP contribution < -0.4 is 10.6 Å². The van der Waals surface area contributed by atoms with Crippen molar-refractivity contribution >= 4 is 6.03 Å². The first kappa shape index (κ1) is 17.8. The number of urea groups is 1.